The number of hydrogen-bond acceptors (Lipinski definition) is 3. The lowest BCUT2D eigenvalue weighted by Crippen LogP contribution is -2.31. The van der Waals surface area contributed by atoms with Crippen LogP contribution < -0.4 is 9.62 Å². The van der Waals surface area contributed by atoms with Crippen molar-refractivity contribution in [1.29, 1.82) is 0 Å². The van der Waals surface area contributed by atoms with Gasteiger partial charge in [-0.05, 0) is 42.5 Å². The van der Waals surface area contributed by atoms with Gasteiger partial charge in [-0.1, -0.05) is 41.9 Å². The van der Waals surface area contributed by atoms with Crippen LogP contribution in [0.15, 0.2) is 84.3 Å². The lowest BCUT2D eigenvalue weighted by molar-refractivity contribution is 0.102. The van der Waals surface area contributed by atoms with Gasteiger partial charge in [0.2, 0.25) is 0 Å². The molecule has 3 aromatic rings. The molecule has 0 spiro atoms. The second-order valence-corrected chi connectivity index (χ2v) is 8.62. The third kappa shape index (κ3) is 4.76. The number of carbonyl (C=O) groups is 1. The van der Waals surface area contributed by atoms with Crippen LogP contribution in [0.5, 0.6) is 0 Å². The van der Waals surface area contributed by atoms with E-state index in [2.05, 4.69) is 11.9 Å². The molecule has 0 aliphatic heterocycles. The van der Waals surface area contributed by atoms with Gasteiger partial charge in [0.25, 0.3) is 15.9 Å². The number of rotatable bonds is 7. The maximum Gasteiger partial charge on any atom is 0.264 e. The Hall–Kier alpha value is -3.23. The number of anilines is 2. The minimum absolute atomic E-state index is 0.0665. The molecule has 3 rings (SSSR count). The van der Waals surface area contributed by atoms with Gasteiger partial charge >= 0.3 is 0 Å². The molecule has 1 N–H and O–H groups in total. The Morgan fingerprint density at radius 2 is 1.68 bits per heavy atom. The minimum Gasteiger partial charge on any atom is -0.317 e. The highest BCUT2D eigenvalue weighted by Crippen LogP contribution is 2.30. The summed E-state index contributed by atoms with van der Waals surface area (Å²) in [4.78, 5) is 12.3. The maximum absolute atomic E-state index is 13.8. The topological polar surface area (TPSA) is 66.5 Å². The third-order valence-electron chi connectivity index (χ3n) is 4.30. The SMILES string of the molecule is C=CCN(c1ccccc1Cl)S(=O)(=O)c1cccc(C(=O)Nc2c(F)cccc2F)c1. The number of nitrogens with zero attached hydrogens (tertiary/aromatic N) is 1. The van der Waals surface area contributed by atoms with Crippen LogP contribution in [0, 0.1) is 11.6 Å². The van der Waals surface area contributed by atoms with Crippen LogP contribution in [0.2, 0.25) is 5.02 Å². The van der Waals surface area contributed by atoms with E-state index >= 15 is 0 Å². The van der Waals surface area contributed by atoms with E-state index in [-0.39, 0.29) is 27.7 Å². The standard InChI is InChI=1S/C22H17ClF2N2O3S/c1-2-13-27(20-12-4-3-9-17(20)23)31(29,30)16-8-5-7-15(14-16)22(28)26-21-18(24)10-6-11-19(21)25/h2-12,14H,1,13H2,(H,26,28). The monoisotopic (exact) mass is 462 g/mol. The van der Waals surface area contributed by atoms with Crippen LogP contribution in [0.25, 0.3) is 0 Å². The first kappa shape index (κ1) is 22.5. The summed E-state index contributed by atoms with van der Waals surface area (Å²) in [6, 6.07) is 14.7. The van der Waals surface area contributed by atoms with Crippen molar-refractivity contribution in [3.05, 3.63) is 102 Å². The maximum atomic E-state index is 13.8. The number of sulfonamides is 1. The van der Waals surface area contributed by atoms with Crippen molar-refractivity contribution >= 4 is 38.9 Å². The summed E-state index contributed by atoms with van der Waals surface area (Å²) in [6.07, 6.45) is 1.40. The number of nitrogens with one attached hydrogen (secondary N) is 1. The number of halogens is 3. The average Bonchev–Trinajstić information content (AvgIpc) is 2.75. The van der Waals surface area contributed by atoms with Gasteiger partial charge in [-0.3, -0.25) is 9.10 Å². The smallest absolute Gasteiger partial charge is 0.264 e. The Morgan fingerprint density at radius 3 is 2.32 bits per heavy atom. The average molecular weight is 463 g/mol. The van der Waals surface area contributed by atoms with Crippen molar-refractivity contribution in [3.8, 4) is 0 Å². The number of amides is 1. The molecule has 0 unspecified atom stereocenters. The summed E-state index contributed by atoms with van der Waals surface area (Å²) >= 11 is 6.17. The van der Waals surface area contributed by atoms with Crippen LogP contribution in [-0.2, 0) is 10.0 Å². The van der Waals surface area contributed by atoms with Gasteiger partial charge in [0.1, 0.15) is 17.3 Å². The highest BCUT2D eigenvalue weighted by Gasteiger charge is 2.26. The van der Waals surface area contributed by atoms with E-state index in [1.54, 1.807) is 24.3 Å². The number of para-hydroxylation sites is 2. The predicted octanol–water partition coefficient (Wildman–Crippen LogP) is 5.25. The Morgan fingerprint density at radius 1 is 1.03 bits per heavy atom. The summed E-state index contributed by atoms with van der Waals surface area (Å²) in [5.41, 5.74) is -0.473. The summed E-state index contributed by atoms with van der Waals surface area (Å²) in [5.74, 6) is -2.77. The fourth-order valence-electron chi connectivity index (χ4n) is 2.83. The fraction of sp³-hybridized carbons (Fsp3) is 0.0455. The van der Waals surface area contributed by atoms with Crippen molar-refractivity contribution in [2.45, 2.75) is 4.90 Å². The zero-order valence-corrected chi connectivity index (χ0v) is 17.6. The van der Waals surface area contributed by atoms with Crippen molar-refractivity contribution in [3.63, 3.8) is 0 Å². The molecule has 5 nitrogen and oxygen atoms in total. The predicted molar refractivity (Wildman–Crippen MR) is 117 cm³/mol. The Bertz CT molecular complexity index is 1230. The number of hydrogen-bond donors (Lipinski definition) is 1. The molecule has 0 saturated carbocycles. The quantitative estimate of drug-likeness (QED) is 0.487. The molecule has 0 saturated heterocycles. The van der Waals surface area contributed by atoms with Gasteiger partial charge in [-0.25, -0.2) is 17.2 Å². The van der Waals surface area contributed by atoms with E-state index in [9.17, 15) is 22.0 Å². The largest absolute Gasteiger partial charge is 0.317 e. The molecule has 0 aliphatic carbocycles. The Labute approximate surface area is 183 Å². The molecule has 0 aliphatic rings. The van der Waals surface area contributed by atoms with Gasteiger partial charge in [0.05, 0.1) is 22.2 Å². The van der Waals surface area contributed by atoms with E-state index < -0.39 is 33.3 Å². The van der Waals surface area contributed by atoms with Crippen molar-refractivity contribution in [2.24, 2.45) is 0 Å². The zero-order valence-electron chi connectivity index (χ0n) is 16.1. The first-order valence-corrected chi connectivity index (χ1v) is 10.8. The zero-order chi connectivity index (χ0) is 22.6. The lowest BCUT2D eigenvalue weighted by atomic mass is 10.2. The first-order valence-electron chi connectivity index (χ1n) is 8.99. The van der Waals surface area contributed by atoms with Crippen LogP contribution in [-0.4, -0.2) is 20.9 Å². The normalized spacial score (nSPS) is 11.1. The molecular formula is C22H17ClF2N2O3S. The Kier molecular flexibility index (Phi) is 6.72. The molecule has 3 aromatic carbocycles. The molecule has 0 bridgehead atoms. The molecule has 0 heterocycles. The minimum atomic E-state index is -4.13. The van der Waals surface area contributed by atoms with Crippen LogP contribution >= 0.6 is 11.6 Å². The van der Waals surface area contributed by atoms with Crippen LogP contribution in [0.3, 0.4) is 0 Å². The molecule has 9 heteroatoms. The molecule has 160 valence electrons. The number of benzene rings is 3. The van der Waals surface area contributed by atoms with E-state index in [1.165, 1.54) is 24.3 Å². The summed E-state index contributed by atoms with van der Waals surface area (Å²) in [6.45, 7) is 3.52. The molecule has 0 aromatic heterocycles. The summed E-state index contributed by atoms with van der Waals surface area (Å²) in [7, 11) is -4.13. The van der Waals surface area contributed by atoms with E-state index in [4.69, 9.17) is 11.6 Å². The second kappa shape index (κ2) is 9.28. The molecular weight excluding hydrogens is 446 g/mol. The van der Waals surface area contributed by atoms with Gasteiger partial charge in [0, 0.05) is 5.56 Å². The van der Waals surface area contributed by atoms with E-state index in [0.717, 1.165) is 28.6 Å². The summed E-state index contributed by atoms with van der Waals surface area (Å²) < 4.78 is 55.3. The number of carbonyl (C=O) groups excluding carboxylic acids is 1. The van der Waals surface area contributed by atoms with Gasteiger partial charge in [-0.2, -0.15) is 0 Å². The summed E-state index contributed by atoms with van der Waals surface area (Å²) in [5, 5.41) is 2.35. The highest BCUT2D eigenvalue weighted by molar-refractivity contribution is 7.92. The van der Waals surface area contributed by atoms with Crippen molar-refractivity contribution < 1.29 is 22.0 Å². The molecule has 1 amide bonds. The van der Waals surface area contributed by atoms with Gasteiger partial charge < -0.3 is 5.32 Å². The highest BCUT2D eigenvalue weighted by atomic mass is 35.5. The second-order valence-electron chi connectivity index (χ2n) is 6.35. The molecule has 0 radical (unpaired) electrons. The Balaban J connectivity index is 1.98. The van der Waals surface area contributed by atoms with Crippen LogP contribution in [0.4, 0.5) is 20.2 Å². The van der Waals surface area contributed by atoms with Gasteiger partial charge in [-0.15, -0.1) is 6.58 Å². The van der Waals surface area contributed by atoms with E-state index in [1.807, 2.05) is 0 Å². The molecule has 31 heavy (non-hydrogen) atoms. The van der Waals surface area contributed by atoms with Gasteiger partial charge in [0.15, 0.2) is 0 Å². The fourth-order valence-corrected chi connectivity index (χ4v) is 4.61. The third-order valence-corrected chi connectivity index (χ3v) is 6.40. The first-order chi connectivity index (χ1) is 14.8. The molecule has 0 atom stereocenters. The molecule has 0 fully saturated rings. The van der Waals surface area contributed by atoms with Crippen molar-refractivity contribution in [1.82, 2.24) is 0 Å². The van der Waals surface area contributed by atoms with Crippen LogP contribution in [0.1, 0.15) is 10.4 Å². The lowest BCUT2D eigenvalue weighted by Gasteiger charge is -2.24. The van der Waals surface area contributed by atoms with Crippen molar-refractivity contribution in [2.75, 3.05) is 16.2 Å². The van der Waals surface area contributed by atoms with E-state index in [0.29, 0.717) is 0 Å².